The van der Waals surface area contributed by atoms with Gasteiger partial charge in [-0.15, -0.1) is 0 Å². The van der Waals surface area contributed by atoms with Gasteiger partial charge < -0.3 is 10.6 Å². The van der Waals surface area contributed by atoms with E-state index < -0.39 is 0 Å². The Kier molecular flexibility index (Phi) is 5.03. The molecule has 0 saturated heterocycles. The molecule has 0 aliphatic heterocycles. The molecule has 2 heterocycles. The van der Waals surface area contributed by atoms with Gasteiger partial charge in [0.25, 0.3) is 0 Å². The lowest BCUT2D eigenvalue weighted by atomic mass is 9.95. The minimum absolute atomic E-state index is 0.0186. The fourth-order valence-corrected chi connectivity index (χ4v) is 2.45. The van der Waals surface area contributed by atoms with Crippen LogP contribution in [0, 0.1) is 0 Å². The van der Waals surface area contributed by atoms with Crippen LogP contribution in [0.1, 0.15) is 25.3 Å². The van der Waals surface area contributed by atoms with Gasteiger partial charge in [-0.05, 0) is 18.6 Å². The Balaban J connectivity index is 1.58. The van der Waals surface area contributed by atoms with Gasteiger partial charge in [0, 0.05) is 24.4 Å². The van der Waals surface area contributed by atoms with Crippen molar-refractivity contribution in [3.63, 3.8) is 0 Å². The van der Waals surface area contributed by atoms with Gasteiger partial charge in [-0.25, -0.2) is 19.4 Å². The van der Waals surface area contributed by atoms with Crippen LogP contribution in [0.4, 0.5) is 10.5 Å². The van der Waals surface area contributed by atoms with Crippen molar-refractivity contribution in [2.75, 3.05) is 5.32 Å². The second-order valence-corrected chi connectivity index (χ2v) is 5.81. The van der Waals surface area contributed by atoms with E-state index in [4.69, 9.17) is 0 Å². The smallest absolute Gasteiger partial charge is 0.319 e. The van der Waals surface area contributed by atoms with Crippen molar-refractivity contribution in [2.45, 2.75) is 25.8 Å². The zero-order valence-electron chi connectivity index (χ0n) is 14.1. The largest absolute Gasteiger partial charge is 0.335 e. The normalized spacial score (nSPS) is 13.0. The number of nitrogens with one attached hydrogen (secondary N) is 2. The Hall–Kier alpha value is -3.22. The van der Waals surface area contributed by atoms with Gasteiger partial charge >= 0.3 is 6.03 Å². The van der Waals surface area contributed by atoms with E-state index in [1.54, 1.807) is 30.9 Å². The summed E-state index contributed by atoms with van der Waals surface area (Å²) in [6.45, 7) is 4.07. The molecular formula is C18H20N6O. The molecule has 0 aliphatic rings. The van der Waals surface area contributed by atoms with Gasteiger partial charge in [-0.2, -0.15) is 5.10 Å². The first-order valence-corrected chi connectivity index (χ1v) is 8.08. The maximum atomic E-state index is 12.2. The SMILES string of the molecule is C[C@H](c1ccccc1)[C@@H](C)NC(=O)Nc1cnn(-c2ncccn2)c1. The molecule has 7 nitrogen and oxygen atoms in total. The monoisotopic (exact) mass is 336 g/mol. The summed E-state index contributed by atoms with van der Waals surface area (Å²) in [5, 5.41) is 9.89. The first-order valence-electron chi connectivity index (χ1n) is 8.08. The molecule has 7 heteroatoms. The second-order valence-electron chi connectivity index (χ2n) is 5.81. The molecular weight excluding hydrogens is 316 g/mol. The van der Waals surface area contributed by atoms with E-state index in [0.29, 0.717) is 11.6 Å². The van der Waals surface area contributed by atoms with Crippen LogP contribution in [0.2, 0.25) is 0 Å². The van der Waals surface area contributed by atoms with Gasteiger partial charge in [0.15, 0.2) is 0 Å². The van der Waals surface area contributed by atoms with Crippen molar-refractivity contribution in [2.24, 2.45) is 0 Å². The highest BCUT2D eigenvalue weighted by atomic mass is 16.2. The van der Waals surface area contributed by atoms with Crippen molar-refractivity contribution in [1.82, 2.24) is 25.1 Å². The fraction of sp³-hybridized carbons (Fsp3) is 0.222. The lowest BCUT2D eigenvalue weighted by molar-refractivity contribution is 0.248. The Morgan fingerprint density at radius 1 is 1.08 bits per heavy atom. The van der Waals surface area contributed by atoms with E-state index in [9.17, 15) is 4.79 Å². The summed E-state index contributed by atoms with van der Waals surface area (Å²) in [5.41, 5.74) is 1.76. The summed E-state index contributed by atoms with van der Waals surface area (Å²) in [7, 11) is 0. The van der Waals surface area contributed by atoms with Crippen LogP contribution < -0.4 is 10.6 Å². The van der Waals surface area contributed by atoms with E-state index in [0.717, 1.165) is 0 Å². The van der Waals surface area contributed by atoms with E-state index in [1.807, 2.05) is 25.1 Å². The zero-order valence-corrected chi connectivity index (χ0v) is 14.1. The number of hydrogen-bond donors (Lipinski definition) is 2. The highest BCUT2D eigenvalue weighted by Gasteiger charge is 2.16. The molecule has 2 N–H and O–H groups in total. The van der Waals surface area contributed by atoms with Crippen LogP contribution in [0.5, 0.6) is 0 Å². The molecule has 1 aromatic carbocycles. The van der Waals surface area contributed by atoms with Crippen molar-refractivity contribution < 1.29 is 4.79 Å². The van der Waals surface area contributed by atoms with Crippen LogP contribution in [0.25, 0.3) is 5.95 Å². The lowest BCUT2D eigenvalue weighted by Crippen LogP contribution is -2.38. The predicted molar refractivity (Wildman–Crippen MR) is 95.6 cm³/mol. The molecule has 2 amide bonds. The Bertz CT molecular complexity index is 818. The number of amides is 2. The highest BCUT2D eigenvalue weighted by molar-refractivity contribution is 5.89. The van der Waals surface area contributed by atoms with E-state index in [2.05, 4.69) is 44.8 Å². The number of rotatable bonds is 5. The molecule has 2 atom stereocenters. The van der Waals surface area contributed by atoms with Gasteiger partial charge in [-0.3, -0.25) is 0 Å². The van der Waals surface area contributed by atoms with Crippen molar-refractivity contribution in [1.29, 1.82) is 0 Å². The maximum Gasteiger partial charge on any atom is 0.319 e. The number of urea groups is 1. The fourth-order valence-electron chi connectivity index (χ4n) is 2.45. The third-order valence-corrected chi connectivity index (χ3v) is 4.03. The van der Waals surface area contributed by atoms with Gasteiger partial charge in [0.1, 0.15) is 0 Å². The van der Waals surface area contributed by atoms with E-state index >= 15 is 0 Å². The molecule has 25 heavy (non-hydrogen) atoms. The summed E-state index contributed by atoms with van der Waals surface area (Å²) in [5.74, 6) is 0.648. The summed E-state index contributed by atoms with van der Waals surface area (Å²) in [4.78, 5) is 20.4. The summed E-state index contributed by atoms with van der Waals surface area (Å²) >= 11 is 0. The molecule has 0 spiro atoms. The maximum absolute atomic E-state index is 12.2. The van der Waals surface area contributed by atoms with E-state index in [1.165, 1.54) is 10.2 Å². The van der Waals surface area contributed by atoms with Crippen molar-refractivity contribution in [3.8, 4) is 5.95 Å². The number of hydrogen-bond acceptors (Lipinski definition) is 4. The van der Waals surface area contributed by atoms with Crippen molar-refractivity contribution >= 4 is 11.7 Å². The summed E-state index contributed by atoms with van der Waals surface area (Å²) < 4.78 is 1.51. The Labute approximate surface area is 146 Å². The molecule has 128 valence electrons. The first-order chi connectivity index (χ1) is 12.1. The minimum Gasteiger partial charge on any atom is -0.335 e. The van der Waals surface area contributed by atoms with E-state index in [-0.39, 0.29) is 18.0 Å². The molecule has 3 rings (SSSR count). The standard InChI is InChI=1S/C18H20N6O/c1-13(15-7-4-3-5-8-15)14(2)22-18(25)23-16-11-21-24(12-16)17-19-9-6-10-20-17/h3-14H,1-2H3,(H2,22,23,25)/t13-,14+/m0/s1. The van der Waals surface area contributed by atoms with Crippen LogP contribution >= 0.6 is 0 Å². The number of aromatic nitrogens is 4. The molecule has 0 aliphatic carbocycles. The van der Waals surface area contributed by atoms with Crippen molar-refractivity contribution in [3.05, 3.63) is 66.7 Å². The average molecular weight is 336 g/mol. The molecule has 2 aromatic heterocycles. The molecule has 0 unspecified atom stereocenters. The molecule has 3 aromatic rings. The lowest BCUT2D eigenvalue weighted by Gasteiger charge is -2.21. The average Bonchev–Trinajstić information content (AvgIpc) is 3.10. The molecule has 0 radical (unpaired) electrons. The van der Waals surface area contributed by atoms with Crippen LogP contribution in [-0.2, 0) is 0 Å². The Morgan fingerprint density at radius 2 is 1.80 bits per heavy atom. The number of carbonyl (C=O) groups is 1. The topological polar surface area (TPSA) is 84.7 Å². The first kappa shape index (κ1) is 16.6. The minimum atomic E-state index is -0.274. The van der Waals surface area contributed by atoms with Crippen LogP contribution in [0.15, 0.2) is 61.2 Å². The summed E-state index contributed by atoms with van der Waals surface area (Å²) in [6.07, 6.45) is 6.49. The zero-order chi connectivity index (χ0) is 17.6. The third kappa shape index (κ3) is 4.20. The molecule has 0 fully saturated rings. The third-order valence-electron chi connectivity index (χ3n) is 4.03. The molecule has 0 bridgehead atoms. The quantitative estimate of drug-likeness (QED) is 0.750. The number of carbonyl (C=O) groups excluding carboxylic acids is 1. The van der Waals surface area contributed by atoms with Gasteiger partial charge in [-0.1, -0.05) is 37.3 Å². The molecule has 0 saturated carbocycles. The van der Waals surface area contributed by atoms with Crippen LogP contribution in [-0.4, -0.2) is 31.8 Å². The van der Waals surface area contributed by atoms with Gasteiger partial charge in [0.05, 0.1) is 18.1 Å². The predicted octanol–water partition coefficient (Wildman–Crippen LogP) is 2.98. The number of anilines is 1. The van der Waals surface area contributed by atoms with Gasteiger partial charge in [0.2, 0.25) is 5.95 Å². The van der Waals surface area contributed by atoms with Crippen LogP contribution in [0.3, 0.4) is 0 Å². The highest BCUT2D eigenvalue weighted by Crippen LogP contribution is 2.18. The summed E-state index contributed by atoms with van der Waals surface area (Å²) in [6, 6.07) is 11.5. The number of nitrogens with zero attached hydrogens (tertiary/aromatic N) is 4. The number of benzene rings is 1. The second kappa shape index (κ2) is 7.57. The Morgan fingerprint density at radius 3 is 2.52 bits per heavy atom.